The number of hydrogen-bond donors (Lipinski definition) is 1. The highest BCUT2D eigenvalue weighted by molar-refractivity contribution is 9.10. The Kier molecular flexibility index (Phi) is 4.89. The molecule has 5 nitrogen and oxygen atoms in total. The summed E-state index contributed by atoms with van der Waals surface area (Å²) in [5, 5.41) is 6.70. The summed E-state index contributed by atoms with van der Waals surface area (Å²) in [7, 11) is 0. The normalized spacial score (nSPS) is 17.3. The average Bonchev–Trinajstić information content (AvgIpc) is 3.15. The zero-order chi connectivity index (χ0) is 17.3. The fraction of sp³-hybridized carbons (Fsp3) is 0.412. The number of hydrogen-bond acceptors (Lipinski definition) is 3. The van der Waals surface area contributed by atoms with Crippen LogP contribution in [0.4, 0.5) is 14.9 Å². The summed E-state index contributed by atoms with van der Waals surface area (Å²) in [5.41, 5.74) is 1.97. The van der Waals surface area contributed by atoms with Crippen LogP contribution < -0.4 is 5.32 Å². The van der Waals surface area contributed by atoms with Crippen molar-refractivity contribution in [3.63, 3.8) is 0 Å². The van der Waals surface area contributed by atoms with Gasteiger partial charge in [-0.25, -0.2) is 9.18 Å². The van der Waals surface area contributed by atoms with Gasteiger partial charge in [0.1, 0.15) is 11.6 Å². The van der Waals surface area contributed by atoms with Crippen LogP contribution in [0.25, 0.3) is 0 Å². The van der Waals surface area contributed by atoms with Gasteiger partial charge < -0.3 is 14.7 Å². The number of benzene rings is 1. The van der Waals surface area contributed by atoms with Gasteiger partial charge in [0.25, 0.3) is 0 Å². The van der Waals surface area contributed by atoms with Crippen LogP contribution in [-0.4, -0.2) is 22.6 Å². The van der Waals surface area contributed by atoms with Crippen LogP contribution in [0.2, 0.25) is 0 Å². The molecule has 0 radical (unpaired) electrons. The summed E-state index contributed by atoms with van der Waals surface area (Å²) in [5.74, 6) is 0.343. The number of carbonyl (C=O) groups excluding carboxylic acids is 1. The zero-order valence-corrected chi connectivity index (χ0v) is 15.2. The van der Waals surface area contributed by atoms with Crippen molar-refractivity contribution in [1.82, 2.24) is 10.1 Å². The molecule has 1 aliphatic heterocycles. The van der Waals surface area contributed by atoms with Gasteiger partial charge in [-0.15, -0.1) is 0 Å². The minimum absolute atomic E-state index is 0.0790. The molecule has 1 aliphatic rings. The van der Waals surface area contributed by atoms with E-state index < -0.39 is 5.82 Å². The number of amides is 2. The zero-order valence-electron chi connectivity index (χ0n) is 13.6. The van der Waals surface area contributed by atoms with Gasteiger partial charge in [-0.2, -0.15) is 0 Å². The molecule has 1 fully saturated rings. The first-order chi connectivity index (χ1) is 11.5. The van der Waals surface area contributed by atoms with Gasteiger partial charge in [0.15, 0.2) is 0 Å². The Morgan fingerprint density at radius 2 is 2.33 bits per heavy atom. The number of carbonyl (C=O) groups is 1. The van der Waals surface area contributed by atoms with Gasteiger partial charge in [0, 0.05) is 23.0 Å². The second-order valence-corrected chi connectivity index (χ2v) is 6.78. The third kappa shape index (κ3) is 3.17. The van der Waals surface area contributed by atoms with Crippen LogP contribution in [-0.2, 0) is 6.42 Å². The SMILES string of the molecule is CCc1onc(C)c1[C@H]1CCCN1C(=O)Nc1ccc(Br)cc1F. The Labute approximate surface area is 148 Å². The predicted octanol–water partition coefficient (Wildman–Crippen LogP) is 4.82. The number of nitrogens with zero attached hydrogens (tertiary/aromatic N) is 2. The van der Waals surface area contributed by atoms with Crippen molar-refractivity contribution in [2.45, 2.75) is 39.2 Å². The van der Waals surface area contributed by atoms with Gasteiger partial charge in [0.2, 0.25) is 0 Å². The third-order valence-electron chi connectivity index (χ3n) is 4.32. The van der Waals surface area contributed by atoms with Crippen molar-refractivity contribution in [3.8, 4) is 0 Å². The summed E-state index contributed by atoms with van der Waals surface area (Å²) in [6.07, 6.45) is 2.48. The van der Waals surface area contributed by atoms with Crippen LogP contribution in [0, 0.1) is 12.7 Å². The second kappa shape index (κ2) is 6.93. The van der Waals surface area contributed by atoms with Gasteiger partial charge in [-0.05, 0) is 38.0 Å². The first kappa shape index (κ1) is 17.0. The molecule has 1 saturated heterocycles. The largest absolute Gasteiger partial charge is 0.361 e. The lowest BCUT2D eigenvalue weighted by Gasteiger charge is -2.25. The molecule has 128 valence electrons. The molecular weight excluding hydrogens is 377 g/mol. The lowest BCUT2D eigenvalue weighted by atomic mass is 10.0. The molecule has 0 unspecified atom stereocenters. The fourth-order valence-corrected chi connectivity index (χ4v) is 3.53. The first-order valence-corrected chi connectivity index (χ1v) is 8.78. The second-order valence-electron chi connectivity index (χ2n) is 5.86. The van der Waals surface area contributed by atoms with Gasteiger partial charge in [-0.1, -0.05) is 28.0 Å². The Hall–Kier alpha value is -1.89. The highest BCUT2D eigenvalue weighted by Gasteiger charge is 2.34. The van der Waals surface area contributed by atoms with Crippen molar-refractivity contribution < 1.29 is 13.7 Å². The van der Waals surface area contributed by atoms with E-state index in [0.717, 1.165) is 36.3 Å². The van der Waals surface area contributed by atoms with E-state index in [4.69, 9.17) is 4.52 Å². The van der Waals surface area contributed by atoms with Crippen molar-refractivity contribution >= 4 is 27.6 Å². The maximum Gasteiger partial charge on any atom is 0.322 e. The molecule has 2 aromatic rings. The highest BCUT2D eigenvalue weighted by atomic mass is 79.9. The summed E-state index contributed by atoms with van der Waals surface area (Å²) >= 11 is 3.21. The topological polar surface area (TPSA) is 58.4 Å². The van der Waals surface area contributed by atoms with E-state index in [9.17, 15) is 9.18 Å². The van der Waals surface area contributed by atoms with E-state index in [0.29, 0.717) is 11.0 Å². The van der Waals surface area contributed by atoms with E-state index in [2.05, 4.69) is 26.4 Å². The minimum atomic E-state index is -0.469. The Bertz CT molecular complexity index is 762. The molecule has 1 atom stereocenters. The highest BCUT2D eigenvalue weighted by Crippen LogP contribution is 2.36. The molecule has 0 aliphatic carbocycles. The summed E-state index contributed by atoms with van der Waals surface area (Å²) in [6, 6.07) is 4.19. The lowest BCUT2D eigenvalue weighted by molar-refractivity contribution is 0.206. The van der Waals surface area contributed by atoms with Gasteiger partial charge in [0.05, 0.1) is 17.4 Å². The van der Waals surface area contributed by atoms with Gasteiger partial charge >= 0.3 is 6.03 Å². The summed E-state index contributed by atoms with van der Waals surface area (Å²) in [6.45, 7) is 4.52. The molecule has 1 aromatic heterocycles. The average molecular weight is 396 g/mol. The molecule has 24 heavy (non-hydrogen) atoms. The molecular formula is C17H19BrFN3O2. The van der Waals surface area contributed by atoms with Crippen LogP contribution in [0.5, 0.6) is 0 Å². The van der Waals surface area contributed by atoms with Gasteiger partial charge in [-0.3, -0.25) is 0 Å². The Morgan fingerprint density at radius 3 is 3.04 bits per heavy atom. The van der Waals surface area contributed by atoms with Crippen LogP contribution in [0.3, 0.4) is 0 Å². The van der Waals surface area contributed by atoms with E-state index in [1.54, 1.807) is 17.0 Å². The summed E-state index contributed by atoms with van der Waals surface area (Å²) < 4.78 is 20.0. The molecule has 1 N–H and O–H groups in total. The number of aromatic nitrogens is 1. The van der Waals surface area contributed by atoms with E-state index in [-0.39, 0.29) is 17.8 Å². The van der Waals surface area contributed by atoms with E-state index >= 15 is 0 Å². The van der Waals surface area contributed by atoms with Crippen molar-refractivity contribution in [2.75, 3.05) is 11.9 Å². The van der Waals surface area contributed by atoms with Crippen LogP contribution >= 0.6 is 15.9 Å². The lowest BCUT2D eigenvalue weighted by Crippen LogP contribution is -2.35. The van der Waals surface area contributed by atoms with Crippen molar-refractivity contribution in [2.24, 2.45) is 0 Å². The number of likely N-dealkylation sites (tertiary alicyclic amines) is 1. The maximum atomic E-state index is 14.0. The molecule has 0 saturated carbocycles. The fourth-order valence-electron chi connectivity index (χ4n) is 3.19. The van der Waals surface area contributed by atoms with Crippen molar-refractivity contribution in [3.05, 3.63) is 45.5 Å². The first-order valence-electron chi connectivity index (χ1n) is 7.99. The number of anilines is 1. The van der Waals surface area contributed by atoms with Crippen LogP contribution in [0.15, 0.2) is 27.2 Å². The molecule has 7 heteroatoms. The smallest absolute Gasteiger partial charge is 0.322 e. The standard InChI is InChI=1S/C17H19BrFN3O2/c1-3-15-16(10(2)21-24-15)14-5-4-8-22(14)17(23)20-13-7-6-11(18)9-12(13)19/h6-7,9,14H,3-5,8H2,1-2H3,(H,20,23)/t14-/m1/s1. The monoisotopic (exact) mass is 395 g/mol. The molecule has 0 bridgehead atoms. The Morgan fingerprint density at radius 1 is 1.54 bits per heavy atom. The molecule has 0 spiro atoms. The number of halogens is 2. The molecule has 2 heterocycles. The van der Waals surface area contributed by atoms with E-state index in [1.807, 2.05) is 13.8 Å². The number of aryl methyl sites for hydroxylation is 2. The molecule has 1 aromatic carbocycles. The number of urea groups is 1. The molecule has 2 amide bonds. The van der Waals surface area contributed by atoms with Crippen molar-refractivity contribution in [1.29, 1.82) is 0 Å². The quantitative estimate of drug-likeness (QED) is 0.810. The minimum Gasteiger partial charge on any atom is -0.361 e. The molecule has 3 rings (SSSR count). The predicted molar refractivity (Wildman–Crippen MR) is 92.4 cm³/mol. The van der Waals surface area contributed by atoms with Crippen LogP contribution in [0.1, 0.15) is 42.8 Å². The maximum absolute atomic E-state index is 14.0. The summed E-state index contributed by atoms with van der Waals surface area (Å²) in [4.78, 5) is 14.4. The number of rotatable bonds is 3. The number of nitrogens with one attached hydrogen (secondary N) is 1. The van der Waals surface area contributed by atoms with E-state index in [1.165, 1.54) is 6.07 Å². The Balaban J connectivity index is 1.82. The third-order valence-corrected chi connectivity index (χ3v) is 4.82.